The summed E-state index contributed by atoms with van der Waals surface area (Å²) in [7, 11) is -3.07. The van der Waals surface area contributed by atoms with Gasteiger partial charge in [-0.1, -0.05) is 0 Å². The predicted octanol–water partition coefficient (Wildman–Crippen LogP) is 0.127. The zero-order chi connectivity index (χ0) is 10.6. The van der Waals surface area contributed by atoms with Crippen LogP contribution in [-0.4, -0.2) is 26.3 Å². The van der Waals surface area contributed by atoms with Crippen LogP contribution in [0.5, 0.6) is 0 Å². The van der Waals surface area contributed by atoms with Crippen LogP contribution in [0.1, 0.15) is 32.6 Å². The highest BCUT2D eigenvalue weighted by atomic mass is 32.2. The quantitative estimate of drug-likeness (QED) is 0.662. The molecule has 0 saturated heterocycles. The van der Waals surface area contributed by atoms with E-state index in [1.54, 1.807) is 6.92 Å². The summed E-state index contributed by atoms with van der Waals surface area (Å²) >= 11 is 0. The molecule has 0 unspecified atom stereocenters. The Morgan fingerprint density at radius 3 is 2.36 bits per heavy atom. The fourth-order valence-corrected chi connectivity index (χ4v) is 2.56. The second-order valence-electron chi connectivity index (χ2n) is 3.63. The van der Waals surface area contributed by atoms with E-state index in [-0.39, 0.29) is 17.9 Å². The summed E-state index contributed by atoms with van der Waals surface area (Å²) in [6.45, 7) is 1.64. The summed E-state index contributed by atoms with van der Waals surface area (Å²) in [6, 6.07) is 0.0614. The SMILES string of the molecule is CCS(=O)(=O)NC1CCC(ON)CC1. The Morgan fingerprint density at radius 2 is 1.93 bits per heavy atom. The maximum absolute atomic E-state index is 11.3. The highest BCUT2D eigenvalue weighted by Crippen LogP contribution is 2.20. The lowest BCUT2D eigenvalue weighted by molar-refractivity contribution is 0.0234. The van der Waals surface area contributed by atoms with Gasteiger partial charge in [-0.3, -0.25) is 0 Å². The first-order valence-corrected chi connectivity index (χ1v) is 6.58. The molecule has 0 aromatic rings. The van der Waals surface area contributed by atoms with E-state index in [1.165, 1.54) is 0 Å². The predicted molar refractivity (Wildman–Crippen MR) is 53.9 cm³/mol. The van der Waals surface area contributed by atoms with Crippen molar-refractivity contribution in [1.29, 1.82) is 0 Å². The molecule has 0 heterocycles. The highest BCUT2D eigenvalue weighted by Gasteiger charge is 2.23. The van der Waals surface area contributed by atoms with Crippen LogP contribution in [0.25, 0.3) is 0 Å². The zero-order valence-electron chi connectivity index (χ0n) is 8.40. The minimum absolute atomic E-state index is 0.0614. The third-order valence-corrected chi connectivity index (χ3v) is 4.05. The van der Waals surface area contributed by atoms with Crippen molar-refractivity contribution < 1.29 is 13.3 Å². The lowest BCUT2D eigenvalue weighted by atomic mass is 9.94. The van der Waals surface area contributed by atoms with Gasteiger partial charge in [0, 0.05) is 6.04 Å². The molecular formula is C8H18N2O3S. The number of rotatable bonds is 4. The number of hydrogen-bond donors (Lipinski definition) is 2. The Bertz CT molecular complexity index is 258. The Morgan fingerprint density at radius 1 is 1.36 bits per heavy atom. The Hall–Kier alpha value is -0.170. The molecule has 84 valence electrons. The Kier molecular flexibility index (Phi) is 4.31. The van der Waals surface area contributed by atoms with Gasteiger partial charge in [0.2, 0.25) is 10.0 Å². The molecule has 5 nitrogen and oxygen atoms in total. The molecule has 0 aromatic heterocycles. The summed E-state index contributed by atoms with van der Waals surface area (Å²) in [5.74, 6) is 5.20. The molecule has 1 rings (SSSR count). The largest absolute Gasteiger partial charge is 0.301 e. The number of nitrogens with two attached hydrogens (primary N) is 1. The van der Waals surface area contributed by atoms with Gasteiger partial charge in [-0.25, -0.2) is 19.0 Å². The third-order valence-electron chi connectivity index (χ3n) is 2.59. The lowest BCUT2D eigenvalue weighted by Gasteiger charge is -2.27. The first-order valence-electron chi connectivity index (χ1n) is 4.93. The molecule has 0 amide bonds. The van der Waals surface area contributed by atoms with Crippen LogP contribution >= 0.6 is 0 Å². The molecule has 14 heavy (non-hydrogen) atoms. The van der Waals surface area contributed by atoms with E-state index in [9.17, 15) is 8.42 Å². The van der Waals surface area contributed by atoms with Crippen LogP contribution in [0.2, 0.25) is 0 Å². The zero-order valence-corrected chi connectivity index (χ0v) is 9.22. The molecule has 1 aliphatic carbocycles. The number of sulfonamides is 1. The van der Waals surface area contributed by atoms with Crippen LogP contribution in [0, 0.1) is 0 Å². The van der Waals surface area contributed by atoms with Crippen LogP contribution in [0.4, 0.5) is 0 Å². The monoisotopic (exact) mass is 222 g/mol. The summed E-state index contributed by atoms with van der Waals surface area (Å²) < 4.78 is 25.2. The maximum Gasteiger partial charge on any atom is 0.211 e. The second-order valence-corrected chi connectivity index (χ2v) is 5.67. The molecule has 0 radical (unpaired) electrons. The molecule has 0 atom stereocenters. The average molecular weight is 222 g/mol. The van der Waals surface area contributed by atoms with Crippen molar-refractivity contribution >= 4 is 10.0 Å². The fraction of sp³-hybridized carbons (Fsp3) is 1.00. The van der Waals surface area contributed by atoms with Gasteiger partial charge < -0.3 is 4.84 Å². The van der Waals surface area contributed by atoms with Gasteiger partial charge in [-0.15, -0.1) is 0 Å². The standard InChI is InChI=1S/C8H18N2O3S/c1-2-14(11,12)10-7-3-5-8(13-9)6-4-7/h7-8,10H,2-6,9H2,1H3. The first kappa shape index (κ1) is 11.9. The average Bonchev–Trinajstić information content (AvgIpc) is 2.19. The topological polar surface area (TPSA) is 81.4 Å². The molecule has 6 heteroatoms. The minimum Gasteiger partial charge on any atom is -0.301 e. The number of hydrogen-bond acceptors (Lipinski definition) is 4. The Labute approximate surface area is 85.0 Å². The summed E-state index contributed by atoms with van der Waals surface area (Å²) in [4.78, 5) is 4.72. The van der Waals surface area contributed by atoms with Crippen molar-refractivity contribution in [1.82, 2.24) is 4.72 Å². The van der Waals surface area contributed by atoms with E-state index in [4.69, 9.17) is 10.7 Å². The number of nitrogens with one attached hydrogen (secondary N) is 1. The fourth-order valence-electron chi connectivity index (χ4n) is 1.65. The highest BCUT2D eigenvalue weighted by molar-refractivity contribution is 7.89. The van der Waals surface area contributed by atoms with E-state index in [2.05, 4.69) is 4.72 Å². The van der Waals surface area contributed by atoms with Crippen molar-refractivity contribution in [2.45, 2.75) is 44.8 Å². The van der Waals surface area contributed by atoms with Crippen molar-refractivity contribution in [3.05, 3.63) is 0 Å². The summed E-state index contributed by atoms with van der Waals surface area (Å²) in [5.41, 5.74) is 0. The first-order chi connectivity index (χ1) is 6.57. The van der Waals surface area contributed by atoms with Gasteiger partial charge in [0.1, 0.15) is 0 Å². The van der Waals surface area contributed by atoms with Crippen molar-refractivity contribution in [3.63, 3.8) is 0 Å². The van der Waals surface area contributed by atoms with Gasteiger partial charge in [-0.2, -0.15) is 0 Å². The molecule has 1 fully saturated rings. The van der Waals surface area contributed by atoms with E-state index in [0.717, 1.165) is 25.7 Å². The normalized spacial score (nSPS) is 29.0. The van der Waals surface area contributed by atoms with E-state index < -0.39 is 10.0 Å². The van der Waals surface area contributed by atoms with Gasteiger partial charge in [0.25, 0.3) is 0 Å². The van der Waals surface area contributed by atoms with Crippen LogP contribution in [0.15, 0.2) is 0 Å². The van der Waals surface area contributed by atoms with Crippen LogP contribution < -0.4 is 10.6 Å². The van der Waals surface area contributed by atoms with Crippen molar-refractivity contribution in [3.8, 4) is 0 Å². The molecule has 3 N–H and O–H groups in total. The second kappa shape index (κ2) is 5.06. The molecule has 0 bridgehead atoms. The van der Waals surface area contributed by atoms with Crippen molar-refractivity contribution in [2.24, 2.45) is 5.90 Å². The Balaban J connectivity index is 2.36. The van der Waals surface area contributed by atoms with Crippen LogP contribution in [0.3, 0.4) is 0 Å². The van der Waals surface area contributed by atoms with E-state index in [0.29, 0.717) is 0 Å². The molecule has 0 aliphatic heterocycles. The van der Waals surface area contributed by atoms with Crippen LogP contribution in [-0.2, 0) is 14.9 Å². The van der Waals surface area contributed by atoms with Gasteiger partial charge in [0.15, 0.2) is 0 Å². The van der Waals surface area contributed by atoms with Gasteiger partial charge in [-0.05, 0) is 32.6 Å². The van der Waals surface area contributed by atoms with E-state index in [1.807, 2.05) is 0 Å². The molecular weight excluding hydrogens is 204 g/mol. The lowest BCUT2D eigenvalue weighted by Crippen LogP contribution is -2.40. The van der Waals surface area contributed by atoms with Gasteiger partial charge in [0.05, 0.1) is 11.9 Å². The smallest absolute Gasteiger partial charge is 0.211 e. The summed E-state index contributed by atoms with van der Waals surface area (Å²) in [5, 5.41) is 0. The van der Waals surface area contributed by atoms with E-state index >= 15 is 0 Å². The minimum atomic E-state index is -3.07. The summed E-state index contributed by atoms with van der Waals surface area (Å²) in [6.07, 6.45) is 3.36. The maximum atomic E-state index is 11.3. The van der Waals surface area contributed by atoms with Crippen molar-refractivity contribution in [2.75, 3.05) is 5.75 Å². The third kappa shape index (κ3) is 3.53. The van der Waals surface area contributed by atoms with Gasteiger partial charge >= 0.3 is 0 Å². The molecule has 1 aliphatic rings. The molecule has 0 aromatic carbocycles. The molecule has 1 saturated carbocycles. The molecule has 0 spiro atoms.